The Morgan fingerprint density at radius 1 is 1.06 bits per heavy atom. The molecule has 0 saturated heterocycles. The maximum Gasteiger partial charge on any atom is 0.155 e. The van der Waals surface area contributed by atoms with Gasteiger partial charge in [-0.15, -0.1) is 0 Å². The maximum atomic E-state index is 9.85. The van der Waals surface area contributed by atoms with E-state index >= 15 is 0 Å². The van der Waals surface area contributed by atoms with Crippen molar-refractivity contribution in [1.29, 1.82) is 0 Å². The minimum Gasteiger partial charge on any atom is -0.396 e. The molecule has 31 heavy (non-hydrogen) atoms. The summed E-state index contributed by atoms with van der Waals surface area (Å²) in [4.78, 5) is 0. The van der Waals surface area contributed by atoms with Gasteiger partial charge in [0.25, 0.3) is 0 Å². The number of hydrogen-bond donors (Lipinski definition) is 1. The fourth-order valence-corrected chi connectivity index (χ4v) is 8.44. The van der Waals surface area contributed by atoms with Gasteiger partial charge in [-0.3, -0.25) is 0 Å². The maximum absolute atomic E-state index is 9.85. The first-order chi connectivity index (χ1) is 14.6. The van der Waals surface area contributed by atoms with Crippen LogP contribution in [0.1, 0.15) is 93.4 Å². The van der Waals surface area contributed by atoms with Crippen molar-refractivity contribution in [2.24, 2.45) is 34.0 Å². The normalized spacial score (nSPS) is 41.2. The second-order valence-corrected chi connectivity index (χ2v) is 12.0. The van der Waals surface area contributed by atoms with E-state index in [0.29, 0.717) is 31.0 Å². The van der Waals surface area contributed by atoms with E-state index in [1.165, 1.54) is 32.1 Å². The fraction of sp³-hybridized carbons (Fsp3) is 0.857. The van der Waals surface area contributed by atoms with E-state index < -0.39 is 0 Å². The van der Waals surface area contributed by atoms with Crippen LogP contribution in [-0.4, -0.2) is 30.7 Å². The zero-order valence-corrected chi connectivity index (χ0v) is 21.1. The average molecular weight is 431 g/mol. The van der Waals surface area contributed by atoms with E-state index in [9.17, 15) is 5.11 Å². The highest BCUT2D eigenvalue weighted by molar-refractivity contribution is 5.49. The Bertz CT molecular complexity index is 749. The molecule has 4 aliphatic carbocycles. The highest BCUT2D eigenvalue weighted by atomic mass is 16.7. The molecule has 1 N–H and O–H groups in total. The van der Waals surface area contributed by atoms with Crippen LogP contribution >= 0.6 is 0 Å². The third kappa shape index (κ3) is 3.58. The average Bonchev–Trinajstić information content (AvgIpc) is 3.07. The molecule has 1 fully saturated rings. The summed E-state index contributed by atoms with van der Waals surface area (Å²) in [5.41, 5.74) is 5.82. The lowest BCUT2D eigenvalue weighted by Gasteiger charge is -2.60. The Balaban J connectivity index is 1.62. The number of rotatable bonds is 6. The summed E-state index contributed by atoms with van der Waals surface area (Å²) in [5.74, 6) is 1.63. The van der Waals surface area contributed by atoms with Crippen LogP contribution in [0.2, 0.25) is 0 Å². The second-order valence-electron chi connectivity index (χ2n) is 12.0. The molecule has 0 spiro atoms. The lowest BCUT2D eigenvalue weighted by Crippen LogP contribution is -2.54. The summed E-state index contributed by atoms with van der Waals surface area (Å²) in [6.07, 6.45) is 11.1. The van der Waals surface area contributed by atoms with Crippen molar-refractivity contribution in [3.8, 4) is 0 Å². The molecule has 0 radical (unpaired) electrons. The molecule has 0 heterocycles. The van der Waals surface area contributed by atoms with Crippen molar-refractivity contribution in [3.63, 3.8) is 0 Å². The predicted molar refractivity (Wildman–Crippen MR) is 127 cm³/mol. The van der Waals surface area contributed by atoms with Crippen molar-refractivity contribution in [3.05, 3.63) is 22.8 Å². The monoisotopic (exact) mass is 430 g/mol. The molecule has 0 aromatic rings. The Kier molecular flexibility index (Phi) is 6.29. The number of aliphatic hydroxyl groups is 1. The number of aliphatic hydroxyl groups excluding tert-OH is 1. The van der Waals surface area contributed by atoms with Crippen molar-refractivity contribution in [2.75, 3.05) is 13.2 Å². The van der Waals surface area contributed by atoms with Gasteiger partial charge in [0, 0.05) is 13.2 Å². The predicted octanol–water partition coefficient (Wildman–Crippen LogP) is 6.66. The van der Waals surface area contributed by atoms with Crippen molar-refractivity contribution < 1.29 is 14.6 Å². The van der Waals surface area contributed by atoms with Crippen LogP contribution in [-0.2, 0) is 9.47 Å². The molecule has 1 saturated carbocycles. The van der Waals surface area contributed by atoms with Crippen molar-refractivity contribution in [1.82, 2.24) is 0 Å². The zero-order chi connectivity index (χ0) is 22.6. The third-order valence-corrected chi connectivity index (χ3v) is 10.1. The van der Waals surface area contributed by atoms with E-state index in [2.05, 4.69) is 40.7 Å². The molecule has 0 amide bonds. The minimum absolute atomic E-state index is 0.124. The highest BCUT2D eigenvalue weighted by Crippen LogP contribution is 2.66. The number of allylic oxidation sites excluding steroid dienone is 4. The van der Waals surface area contributed by atoms with Crippen molar-refractivity contribution >= 4 is 0 Å². The number of hydrogen-bond acceptors (Lipinski definition) is 3. The van der Waals surface area contributed by atoms with Gasteiger partial charge in [0.15, 0.2) is 6.29 Å². The first kappa shape index (κ1) is 23.5. The summed E-state index contributed by atoms with van der Waals surface area (Å²) in [6.45, 7) is 17.3. The second kappa shape index (κ2) is 8.29. The quantitative estimate of drug-likeness (QED) is 0.479. The zero-order valence-electron chi connectivity index (χ0n) is 21.1. The smallest absolute Gasteiger partial charge is 0.155 e. The summed E-state index contributed by atoms with van der Waals surface area (Å²) >= 11 is 0. The van der Waals surface area contributed by atoms with Crippen LogP contribution < -0.4 is 0 Å². The first-order valence-electron chi connectivity index (χ1n) is 12.9. The van der Waals surface area contributed by atoms with Gasteiger partial charge >= 0.3 is 0 Å². The standard InChI is InChI=1S/C28H46O3/c1-8-30-19(3)31-25-14-16-28(7)23-13-15-27(6)21(18(2)17-29)10-11-22(27)20(23)9-12-24(28)26(25,4)5/h11,18-19,21,24-25,29H,8-10,12-17H2,1-7H3/t18-,19?,21-,24+,25+,27-,28-/m1/s1. The summed E-state index contributed by atoms with van der Waals surface area (Å²) < 4.78 is 12.2. The van der Waals surface area contributed by atoms with Gasteiger partial charge in [0.1, 0.15) is 0 Å². The molecular formula is C28H46O3. The molecule has 4 aliphatic rings. The molecular weight excluding hydrogens is 384 g/mol. The largest absolute Gasteiger partial charge is 0.396 e. The molecule has 3 nitrogen and oxygen atoms in total. The van der Waals surface area contributed by atoms with E-state index in [-0.39, 0.29) is 28.6 Å². The van der Waals surface area contributed by atoms with E-state index in [4.69, 9.17) is 9.47 Å². The molecule has 0 aromatic heterocycles. The van der Waals surface area contributed by atoms with Gasteiger partial charge in [-0.05, 0) is 104 Å². The molecule has 0 aliphatic heterocycles. The third-order valence-electron chi connectivity index (χ3n) is 10.1. The van der Waals surface area contributed by atoms with Crippen LogP contribution in [0.25, 0.3) is 0 Å². The molecule has 176 valence electrons. The Labute approximate surface area is 190 Å². The number of fused-ring (bicyclic) bond motifs is 4. The summed E-state index contributed by atoms with van der Waals surface area (Å²) in [7, 11) is 0. The SMILES string of the molecule is CCOC(C)O[C@H]1CC[C@]2(C)C3=C(CC[C@H]2C1(C)C)C1=CC[C@H]([C@H](C)CO)[C@@]1(C)CC3. The van der Waals surface area contributed by atoms with Crippen LogP contribution in [0.15, 0.2) is 22.8 Å². The van der Waals surface area contributed by atoms with Gasteiger partial charge in [0.05, 0.1) is 6.10 Å². The molecule has 0 bridgehead atoms. The van der Waals surface area contributed by atoms with E-state index in [1.54, 1.807) is 16.7 Å². The van der Waals surface area contributed by atoms with E-state index in [1.807, 2.05) is 13.8 Å². The van der Waals surface area contributed by atoms with Gasteiger partial charge in [-0.1, -0.05) is 46.3 Å². The summed E-state index contributed by atoms with van der Waals surface area (Å²) in [5, 5.41) is 9.85. The topological polar surface area (TPSA) is 38.7 Å². The molecule has 7 atom stereocenters. The molecule has 1 unspecified atom stereocenters. The van der Waals surface area contributed by atoms with Crippen LogP contribution in [0.4, 0.5) is 0 Å². The first-order valence-corrected chi connectivity index (χ1v) is 12.9. The van der Waals surface area contributed by atoms with Gasteiger partial charge in [-0.25, -0.2) is 0 Å². The summed E-state index contributed by atoms with van der Waals surface area (Å²) in [6, 6.07) is 0. The highest BCUT2D eigenvalue weighted by Gasteiger charge is 2.58. The Morgan fingerprint density at radius 2 is 1.81 bits per heavy atom. The van der Waals surface area contributed by atoms with Crippen LogP contribution in [0.5, 0.6) is 0 Å². The van der Waals surface area contributed by atoms with Gasteiger partial charge in [-0.2, -0.15) is 0 Å². The van der Waals surface area contributed by atoms with Gasteiger partial charge < -0.3 is 14.6 Å². The lowest BCUT2D eigenvalue weighted by molar-refractivity contribution is -0.214. The minimum atomic E-state index is -0.124. The molecule has 4 rings (SSSR count). The molecule has 0 aromatic carbocycles. The van der Waals surface area contributed by atoms with Crippen LogP contribution in [0, 0.1) is 34.0 Å². The lowest BCUT2D eigenvalue weighted by atomic mass is 9.46. The van der Waals surface area contributed by atoms with Crippen LogP contribution in [0.3, 0.4) is 0 Å². The molecule has 3 heteroatoms. The van der Waals surface area contributed by atoms with Gasteiger partial charge in [0.2, 0.25) is 0 Å². The fourth-order valence-electron chi connectivity index (χ4n) is 8.44. The van der Waals surface area contributed by atoms with Crippen molar-refractivity contribution in [2.45, 2.75) is 106 Å². The Hall–Kier alpha value is -0.640. The van der Waals surface area contributed by atoms with E-state index in [0.717, 1.165) is 12.8 Å². The number of ether oxygens (including phenoxy) is 2. The Morgan fingerprint density at radius 3 is 2.48 bits per heavy atom.